The van der Waals surface area contributed by atoms with Gasteiger partial charge in [0.15, 0.2) is 5.58 Å². The molecule has 2 aromatic carbocycles. The fourth-order valence-corrected chi connectivity index (χ4v) is 4.63. The molecule has 0 spiro atoms. The van der Waals surface area contributed by atoms with E-state index in [1.165, 1.54) is 40.7 Å². The monoisotopic (exact) mass is 422 g/mol. The molecule has 0 aliphatic carbocycles. The first kappa shape index (κ1) is 19.8. The van der Waals surface area contributed by atoms with E-state index in [0.29, 0.717) is 22.6 Å². The van der Waals surface area contributed by atoms with E-state index in [4.69, 9.17) is 9.68 Å². The second-order valence-electron chi connectivity index (χ2n) is 6.72. The fourth-order valence-electron chi connectivity index (χ4n) is 3.21. The van der Waals surface area contributed by atoms with Gasteiger partial charge in [0.2, 0.25) is 21.8 Å². The number of piperazine rings is 1. The van der Waals surface area contributed by atoms with Crippen LogP contribution in [0.4, 0.5) is 0 Å². The maximum atomic E-state index is 12.8. The number of nitriles is 1. The molecule has 1 fully saturated rings. The Morgan fingerprint density at radius 2 is 1.77 bits per heavy atom. The van der Waals surface area contributed by atoms with Crippen LogP contribution in [0.1, 0.15) is 11.5 Å². The van der Waals surface area contributed by atoms with E-state index in [9.17, 15) is 13.2 Å². The van der Waals surface area contributed by atoms with E-state index >= 15 is 0 Å². The van der Waals surface area contributed by atoms with Crippen molar-refractivity contribution in [3.8, 4) is 6.07 Å². The Kier molecular flexibility index (Phi) is 5.35. The lowest BCUT2D eigenvalue weighted by Gasteiger charge is -2.33. The summed E-state index contributed by atoms with van der Waals surface area (Å²) in [6.07, 6.45) is 2.90. The zero-order valence-electron chi connectivity index (χ0n) is 15.9. The van der Waals surface area contributed by atoms with Crippen LogP contribution in [-0.4, -0.2) is 54.7 Å². The molecule has 4 rings (SSSR count). The minimum Gasteiger partial charge on any atom is -0.437 e. The Morgan fingerprint density at radius 3 is 2.43 bits per heavy atom. The van der Waals surface area contributed by atoms with Crippen LogP contribution in [0.2, 0.25) is 0 Å². The number of benzene rings is 2. The van der Waals surface area contributed by atoms with Crippen LogP contribution in [0, 0.1) is 11.3 Å². The molecule has 1 aliphatic rings. The van der Waals surface area contributed by atoms with Gasteiger partial charge in [-0.1, -0.05) is 12.1 Å². The largest absolute Gasteiger partial charge is 0.437 e. The van der Waals surface area contributed by atoms with Crippen molar-refractivity contribution < 1.29 is 17.6 Å². The third-order valence-electron chi connectivity index (χ3n) is 4.85. The minimum atomic E-state index is -3.66. The Hall–Kier alpha value is -3.48. The summed E-state index contributed by atoms with van der Waals surface area (Å²) in [5.41, 5.74) is 1.76. The van der Waals surface area contributed by atoms with Gasteiger partial charge in [0.25, 0.3) is 0 Å². The van der Waals surface area contributed by atoms with Crippen molar-refractivity contribution in [3.05, 3.63) is 66.1 Å². The van der Waals surface area contributed by atoms with Gasteiger partial charge in [-0.3, -0.25) is 4.79 Å². The molecule has 152 valence electrons. The summed E-state index contributed by atoms with van der Waals surface area (Å²) in [5, 5.41) is 8.85. The van der Waals surface area contributed by atoms with E-state index in [0.717, 1.165) is 0 Å². The van der Waals surface area contributed by atoms with E-state index in [1.54, 1.807) is 11.0 Å². The summed E-state index contributed by atoms with van der Waals surface area (Å²) >= 11 is 0. The number of hydrogen-bond acceptors (Lipinski definition) is 6. The van der Waals surface area contributed by atoms with Crippen molar-refractivity contribution in [1.29, 1.82) is 5.26 Å². The van der Waals surface area contributed by atoms with Crippen molar-refractivity contribution in [1.82, 2.24) is 14.2 Å². The second kappa shape index (κ2) is 8.10. The summed E-state index contributed by atoms with van der Waals surface area (Å²) in [6, 6.07) is 15.1. The number of rotatable bonds is 4. The lowest BCUT2D eigenvalue weighted by molar-refractivity contribution is -0.127. The molecule has 8 nitrogen and oxygen atoms in total. The number of carbonyl (C=O) groups excluding carboxylic acids is 1. The summed E-state index contributed by atoms with van der Waals surface area (Å²) < 4.78 is 32.4. The number of carbonyl (C=O) groups is 1. The number of nitrogens with zero attached hydrogens (tertiary/aromatic N) is 4. The number of hydrogen-bond donors (Lipinski definition) is 0. The summed E-state index contributed by atoms with van der Waals surface area (Å²) in [5.74, 6) is 0.110. The van der Waals surface area contributed by atoms with Gasteiger partial charge in [0.05, 0.1) is 16.5 Å². The second-order valence-corrected chi connectivity index (χ2v) is 8.66. The van der Waals surface area contributed by atoms with E-state index in [1.807, 2.05) is 24.3 Å². The molecule has 9 heteroatoms. The minimum absolute atomic E-state index is 0.136. The van der Waals surface area contributed by atoms with Crippen LogP contribution in [0.25, 0.3) is 17.2 Å². The number of oxazole rings is 1. The predicted molar refractivity (Wildman–Crippen MR) is 110 cm³/mol. The number of amides is 1. The first-order valence-corrected chi connectivity index (χ1v) is 10.7. The molecular weight excluding hydrogens is 404 g/mol. The van der Waals surface area contributed by atoms with Crippen LogP contribution in [0.15, 0.2) is 63.9 Å². The van der Waals surface area contributed by atoms with Gasteiger partial charge in [0, 0.05) is 38.3 Å². The highest BCUT2D eigenvalue weighted by Crippen LogP contribution is 2.19. The van der Waals surface area contributed by atoms with Gasteiger partial charge in [-0.2, -0.15) is 9.57 Å². The topological polar surface area (TPSA) is 108 Å². The number of sulfonamides is 1. The van der Waals surface area contributed by atoms with Gasteiger partial charge in [-0.05, 0) is 36.4 Å². The molecule has 0 unspecified atom stereocenters. The Balaban J connectivity index is 1.38. The standard InChI is InChI=1S/C21H18N4O4S/c22-15-16-5-7-17(8-6-16)30(27,28)25-13-11-24(12-14-25)21(26)10-9-20-23-18-3-1-2-4-19(18)29-20/h1-10H,11-14H2/b10-9+. The van der Waals surface area contributed by atoms with Gasteiger partial charge < -0.3 is 9.32 Å². The van der Waals surface area contributed by atoms with Crippen molar-refractivity contribution >= 4 is 33.1 Å². The first-order valence-electron chi connectivity index (χ1n) is 9.30. The Morgan fingerprint density at radius 1 is 1.07 bits per heavy atom. The van der Waals surface area contributed by atoms with Crippen molar-refractivity contribution in [2.24, 2.45) is 0 Å². The van der Waals surface area contributed by atoms with E-state index < -0.39 is 10.0 Å². The van der Waals surface area contributed by atoms with E-state index in [-0.39, 0.29) is 37.0 Å². The zero-order chi connectivity index (χ0) is 21.1. The molecule has 0 saturated carbocycles. The number of aromatic nitrogens is 1. The van der Waals surface area contributed by atoms with Gasteiger partial charge in [0.1, 0.15) is 5.52 Å². The molecule has 1 amide bonds. The van der Waals surface area contributed by atoms with Crippen molar-refractivity contribution in [2.75, 3.05) is 26.2 Å². The van der Waals surface area contributed by atoms with Crippen LogP contribution >= 0.6 is 0 Å². The smallest absolute Gasteiger partial charge is 0.246 e. The molecule has 2 heterocycles. The molecule has 1 aliphatic heterocycles. The molecule has 3 aromatic rings. The van der Waals surface area contributed by atoms with Gasteiger partial charge in [-0.15, -0.1) is 0 Å². The maximum Gasteiger partial charge on any atom is 0.246 e. The average molecular weight is 422 g/mol. The Bertz CT molecular complexity index is 1220. The molecule has 0 bridgehead atoms. The highest BCUT2D eigenvalue weighted by molar-refractivity contribution is 7.89. The summed E-state index contributed by atoms with van der Waals surface area (Å²) in [4.78, 5) is 18.5. The third kappa shape index (κ3) is 3.96. The predicted octanol–water partition coefficient (Wildman–Crippen LogP) is 2.25. The molecule has 1 saturated heterocycles. The average Bonchev–Trinajstić information content (AvgIpc) is 3.20. The van der Waals surface area contributed by atoms with E-state index in [2.05, 4.69) is 4.98 Å². The SMILES string of the molecule is N#Cc1ccc(S(=O)(=O)N2CCN(C(=O)/C=C/c3nc4ccccc4o3)CC2)cc1. The van der Waals surface area contributed by atoms with Crippen LogP contribution in [0.3, 0.4) is 0 Å². The maximum absolute atomic E-state index is 12.8. The fraction of sp³-hybridized carbons (Fsp3) is 0.190. The number of fused-ring (bicyclic) bond motifs is 1. The first-order chi connectivity index (χ1) is 14.5. The summed E-state index contributed by atoms with van der Waals surface area (Å²) in [7, 11) is -3.66. The molecule has 0 atom stereocenters. The molecule has 0 radical (unpaired) electrons. The normalized spacial score (nSPS) is 15.5. The van der Waals surface area contributed by atoms with Crippen LogP contribution < -0.4 is 0 Å². The number of para-hydroxylation sites is 2. The third-order valence-corrected chi connectivity index (χ3v) is 6.76. The molecule has 0 N–H and O–H groups in total. The lowest BCUT2D eigenvalue weighted by atomic mass is 10.2. The Labute approximate surface area is 173 Å². The molecular formula is C21H18N4O4S. The lowest BCUT2D eigenvalue weighted by Crippen LogP contribution is -2.50. The van der Waals surface area contributed by atoms with Crippen molar-refractivity contribution in [3.63, 3.8) is 0 Å². The molecule has 30 heavy (non-hydrogen) atoms. The van der Waals surface area contributed by atoms with Gasteiger partial charge >= 0.3 is 0 Å². The van der Waals surface area contributed by atoms with Crippen LogP contribution in [0.5, 0.6) is 0 Å². The quantitative estimate of drug-likeness (QED) is 0.597. The highest BCUT2D eigenvalue weighted by Gasteiger charge is 2.29. The highest BCUT2D eigenvalue weighted by atomic mass is 32.2. The molecule has 1 aromatic heterocycles. The summed E-state index contributed by atoms with van der Waals surface area (Å²) in [6.45, 7) is 0.966. The van der Waals surface area contributed by atoms with Gasteiger partial charge in [-0.25, -0.2) is 13.4 Å². The van der Waals surface area contributed by atoms with Crippen LogP contribution in [-0.2, 0) is 14.8 Å². The van der Waals surface area contributed by atoms with Crippen molar-refractivity contribution in [2.45, 2.75) is 4.90 Å². The zero-order valence-corrected chi connectivity index (χ0v) is 16.7.